The van der Waals surface area contributed by atoms with Crippen LogP contribution in [0, 0.1) is 0 Å². The number of rotatable bonds is 6. The minimum absolute atomic E-state index is 0.0814. The molecule has 0 aliphatic heterocycles. The fraction of sp³-hybridized carbons (Fsp3) is 0.875. The standard InChI is InChI=1S/C8H19N3O/c1-4-9-5-6-10-8(12)7-11(2)3/h9H,4-7H2,1-3H3,(H,10,12). The van der Waals surface area contributed by atoms with Crippen molar-refractivity contribution in [3.8, 4) is 0 Å². The number of nitrogens with zero attached hydrogens (tertiary/aromatic N) is 1. The van der Waals surface area contributed by atoms with Gasteiger partial charge in [0.05, 0.1) is 6.54 Å². The fourth-order valence-corrected chi connectivity index (χ4v) is 0.810. The van der Waals surface area contributed by atoms with Crippen LogP contribution in [0.15, 0.2) is 0 Å². The Balaban J connectivity index is 3.20. The van der Waals surface area contributed by atoms with Gasteiger partial charge in [-0.05, 0) is 20.6 Å². The van der Waals surface area contributed by atoms with Crippen LogP contribution in [0.25, 0.3) is 0 Å². The van der Waals surface area contributed by atoms with Crippen molar-refractivity contribution in [2.24, 2.45) is 0 Å². The van der Waals surface area contributed by atoms with E-state index in [9.17, 15) is 4.79 Å². The molecular formula is C8H19N3O. The maximum Gasteiger partial charge on any atom is 0.234 e. The van der Waals surface area contributed by atoms with Gasteiger partial charge in [-0.2, -0.15) is 0 Å². The van der Waals surface area contributed by atoms with E-state index in [0.29, 0.717) is 13.1 Å². The molecule has 0 saturated carbocycles. The van der Waals surface area contributed by atoms with Crippen LogP contribution in [-0.4, -0.2) is 51.1 Å². The smallest absolute Gasteiger partial charge is 0.234 e. The molecule has 0 atom stereocenters. The Morgan fingerprint density at radius 3 is 2.50 bits per heavy atom. The summed E-state index contributed by atoms with van der Waals surface area (Å²) in [5.41, 5.74) is 0. The molecule has 0 heterocycles. The lowest BCUT2D eigenvalue weighted by Gasteiger charge is -2.09. The lowest BCUT2D eigenvalue weighted by molar-refractivity contribution is -0.121. The molecule has 0 aliphatic rings. The highest BCUT2D eigenvalue weighted by Crippen LogP contribution is 1.72. The van der Waals surface area contributed by atoms with Gasteiger partial charge in [-0.1, -0.05) is 6.92 Å². The molecule has 0 spiro atoms. The molecule has 0 aromatic carbocycles. The first-order valence-electron chi connectivity index (χ1n) is 4.29. The summed E-state index contributed by atoms with van der Waals surface area (Å²) in [6.07, 6.45) is 0. The average Bonchev–Trinajstić information content (AvgIpc) is 1.97. The van der Waals surface area contributed by atoms with Crippen LogP contribution in [0.3, 0.4) is 0 Å². The van der Waals surface area contributed by atoms with Crippen molar-refractivity contribution in [1.82, 2.24) is 15.5 Å². The summed E-state index contributed by atoms with van der Waals surface area (Å²) in [5, 5.41) is 5.93. The van der Waals surface area contributed by atoms with E-state index < -0.39 is 0 Å². The van der Waals surface area contributed by atoms with Crippen molar-refractivity contribution in [3.05, 3.63) is 0 Å². The van der Waals surface area contributed by atoms with Crippen LogP contribution in [0.4, 0.5) is 0 Å². The van der Waals surface area contributed by atoms with Crippen molar-refractivity contribution in [2.45, 2.75) is 6.92 Å². The van der Waals surface area contributed by atoms with E-state index in [-0.39, 0.29) is 5.91 Å². The highest BCUT2D eigenvalue weighted by molar-refractivity contribution is 5.77. The molecule has 4 heteroatoms. The molecule has 0 unspecified atom stereocenters. The van der Waals surface area contributed by atoms with Crippen LogP contribution in [0.1, 0.15) is 6.92 Å². The lowest BCUT2D eigenvalue weighted by atomic mass is 10.5. The molecule has 0 radical (unpaired) electrons. The Morgan fingerprint density at radius 2 is 2.00 bits per heavy atom. The monoisotopic (exact) mass is 173 g/mol. The van der Waals surface area contributed by atoms with Gasteiger partial charge in [0.2, 0.25) is 5.91 Å². The van der Waals surface area contributed by atoms with Crippen molar-refractivity contribution in [3.63, 3.8) is 0 Å². The minimum atomic E-state index is 0.0814. The minimum Gasteiger partial charge on any atom is -0.354 e. The molecule has 12 heavy (non-hydrogen) atoms. The Labute approximate surface area is 74.3 Å². The zero-order chi connectivity index (χ0) is 9.40. The quantitative estimate of drug-likeness (QED) is 0.521. The van der Waals surface area contributed by atoms with E-state index in [1.165, 1.54) is 0 Å². The summed E-state index contributed by atoms with van der Waals surface area (Å²) in [4.78, 5) is 12.9. The first-order chi connectivity index (χ1) is 5.66. The number of hydrogen-bond acceptors (Lipinski definition) is 3. The lowest BCUT2D eigenvalue weighted by Crippen LogP contribution is -2.37. The summed E-state index contributed by atoms with van der Waals surface area (Å²) >= 11 is 0. The zero-order valence-corrected chi connectivity index (χ0v) is 8.18. The molecule has 0 aromatic heterocycles. The first kappa shape index (κ1) is 11.4. The van der Waals surface area contributed by atoms with Gasteiger partial charge in [-0.3, -0.25) is 4.79 Å². The molecule has 0 saturated heterocycles. The highest BCUT2D eigenvalue weighted by Gasteiger charge is 1.99. The third-order valence-electron chi connectivity index (χ3n) is 1.33. The topological polar surface area (TPSA) is 44.4 Å². The summed E-state index contributed by atoms with van der Waals surface area (Å²) in [7, 11) is 3.76. The molecule has 0 bridgehead atoms. The Morgan fingerprint density at radius 1 is 1.33 bits per heavy atom. The maximum absolute atomic E-state index is 11.0. The first-order valence-corrected chi connectivity index (χ1v) is 4.29. The second-order valence-electron chi connectivity index (χ2n) is 2.94. The number of hydrogen-bond donors (Lipinski definition) is 2. The number of likely N-dealkylation sites (N-methyl/N-ethyl adjacent to an activating group) is 2. The van der Waals surface area contributed by atoms with E-state index in [4.69, 9.17) is 0 Å². The predicted octanol–water partition coefficient (Wildman–Crippen LogP) is -0.726. The van der Waals surface area contributed by atoms with E-state index in [1.54, 1.807) is 0 Å². The van der Waals surface area contributed by atoms with Crippen LogP contribution in [0.2, 0.25) is 0 Å². The van der Waals surface area contributed by atoms with Gasteiger partial charge in [-0.15, -0.1) is 0 Å². The number of carbonyl (C=O) groups is 1. The summed E-state index contributed by atoms with van der Waals surface area (Å²) in [6, 6.07) is 0. The number of amides is 1. The van der Waals surface area contributed by atoms with Gasteiger partial charge in [0.15, 0.2) is 0 Å². The molecule has 72 valence electrons. The van der Waals surface area contributed by atoms with Gasteiger partial charge < -0.3 is 15.5 Å². The SMILES string of the molecule is CCNCCNC(=O)CN(C)C. The van der Waals surface area contributed by atoms with Crippen molar-refractivity contribution < 1.29 is 4.79 Å². The second kappa shape index (κ2) is 7.06. The Kier molecular flexibility index (Phi) is 6.70. The van der Waals surface area contributed by atoms with Gasteiger partial charge in [0.25, 0.3) is 0 Å². The molecule has 2 N–H and O–H groups in total. The van der Waals surface area contributed by atoms with E-state index >= 15 is 0 Å². The normalized spacial score (nSPS) is 10.3. The van der Waals surface area contributed by atoms with E-state index in [0.717, 1.165) is 13.1 Å². The summed E-state index contributed by atoms with van der Waals surface area (Å²) < 4.78 is 0. The average molecular weight is 173 g/mol. The van der Waals surface area contributed by atoms with Crippen molar-refractivity contribution >= 4 is 5.91 Å². The summed E-state index contributed by atoms with van der Waals surface area (Å²) in [5.74, 6) is 0.0814. The number of carbonyl (C=O) groups excluding carboxylic acids is 1. The van der Waals surface area contributed by atoms with Crippen LogP contribution < -0.4 is 10.6 Å². The third-order valence-corrected chi connectivity index (χ3v) is 1.33. The van der Waals surface area contributed by atoms with Crippen LogP contribution >= 0.6 is 0 Å². The van der Waals surface area contributed by atoms with Crippen molar-refractivity contribution in [1.29, 1.82) is 0 Å². The van der Waals surface area contributed by atoms with Gasteiger partial charge in [0.1, 0.15) is 0 Å². The van der Waals surface area contributed by atoms with Gasteiger partial charge in [-0.25, -0.2) is 0 Å². The number of nitrogens with one attached hydrogen (secondary N) is 2. The second-order valence-corrected chi connectivity index (χ2v) is 2.94. The third kappa shape index (κ3) is 7.50. The Bertz CT molecular complexity index is 125. The van der Waals surface area contributed by atoms with Gasteiger partial charge in [0, 0.05) is 13.1 Å². The molecule has 0 aliphatic carbocycles. The van der Waals surface area contributed by atoms with Crippen LogP contribution in [0.5, 0.6) is 0 Å². The van der Waals surface area contributed by atoms with E-state index in [2.05, 4.69) is 10.6 Å². The molecule has 1 amide bonds. The largest absolute Gasteiger partial charge is 0.354 e. The molecule has 0 aromatic rings. The van der Waals surface area contributed by atoms with Gasteiger partial charge >= 0.3 is 0 Å². The highest BCUT2D eigenvalue weighted by atomic mass is 16.1. The maximum atomic E-state index is 11.0. The van der Waals surface area contributed by atoms with Crippen molar-refractivity contribution in [2.75, 3.05) is 40.3 Å². The fourth-order valence-electron chi connectivity index (χ4n) is 0.810. The molecule has 0 rings (SSSR count). The molecular weight excluding hydrogens is 154 g/mol. The Hall–Kier alpha value is -0.610. The van der Waals surface area contributed by atoms with Crippen LogP contribution in [-0.2, 0) is 4.79 Å². The zero-order valence-electron chi connectivity index (χ0n) is 8.18. The predicted molar refractivity (Wildman–Crippen MR) is 50.1 cm³/mol. The van der Waals surface area contributed by atoms with E-state index in [1.807, 2.05) is 25.9 Å². The molecule has 4 nitrogen and oxygen atoms in total. The summed E-state index contributed by atoms with van der Waals surface area (Å²) in [6.45, 7) is 5.01. The molecule has 0 fully saturated rings.